The SMILES string of the molecule is CCC(CC)(CCCCOCCCCC(CC)(CC)CC(=O)O)CCCS(N)(=O)=O. The molecule has 0 aliphatic heterocycles. The van der Waals surface area contributed by atoms with E-state index in [4.69, 9.17) is 15.0 Å². The van der Waals surface area contributed by atoms with Crippen molar-refractivity contribution in [2.45, 2.75) is 111 Å². The fourth-order valence-corrected chi connectivity index (χ4v) is 5.05. The smallest absolute Gasteiger partial charge is 0.303 e. The fraction of sp³-hybridized carbons (Fsp3) is 0.957. The van der Waals surface area contributed by atoms with Gasteiger partial charge in [0.25, 0.3) is 0 Å². The van der Waals surface area contributed by atoms with Crippen molar-refractivity contribution in [1.82, 2.24) is 0 Å². The summed E-state index contributed by atoms with van der Waals surface area (Å²) in [7, 11) is -3.37. The van der Waals surface area contributed by atoms with Gasteiger partial charge >= 0.3 is 5.97 Å². The lowest BCUT2D eigenvalue weighted by Crippen LogP contribution is -2.23. The van der Waals surface area contributed by atoms with Crippen LogP contribution in [0.15, 0.2) is 0 Å². The maximum Gasteiger partial charge on any atom is 0.303 e. The zero-order valence-corrected chi connectivity index (χ0v) is 20.7. The molecule has 0 unspecified atom stereocenters. The first kappa shape index (κ1) is 29.3. The Labute approximate surface area is 185 Å². The molecule has 0 aromatic carbocycles. The second kappa shape index (κ2) is 15.2. The number of nitrogens with two attached hydrogens (primary N) is 1. The van der Waals surface area contributed by atoms with Crippen LogP contribution in [0, 0.1) is 10.8 Å². The minimum Gasteiger partial charge on any atom is -0.481 e. The first-order valence-electron chi connectivity index (χ1n) is 11.9. The highest BCUT2D eigenvalue weighted by atomic mass is 32.2. The van der Waals surface area contributed by atoms with Gasteiger partial charge in [0, 0.05) is 13.2 Å². The molecule has 0 aromatic rings. The Kier molecular flexibility index (Phi) is 14.9. The van der Waals surface area contributed by atoms with Gasteiger partial charge in [-0.2, -0.15) is 0 Å². The molecule has 0 bridgehead atoms. The van der Waals surface area contributed by atoms with Crippen LogP contribution in [0.1, 0.15) is 111 Å². The Balaban J connectivity index is 4.04. The van der Waals surface area contributed by atoms with Crippen molar-refractivity contribution in [2.24, 2.45) is 16.0 Å². The molecule has 0 aromatic heterocycles. The molecule has 0 radical (unpaired) electrons. The number of unbranched alkanes of at least 4 members (excludes halogenated alkanes) is 2. The average molecular weight is 450 g/mol. The number of carbonyl (C=O) groups is 1. The second-order valence-electron chi connectivity index (χ2n) is 8.98. The van der Waals surface area contributed by atoms with Gasteiger partial charge < -0.3 is 9.84 Å². The predicted molar refractivity (Wildman–Crippen MR) is 124 cm³/mol. The van der Waals surface area contributed by atoms with Crippen LogP contribution in [0.4, 0.5) is 0 Å². The van der Waals surface area contributed by atoms with Crippen LogP contribution in [0.2, 0.25) is 0 Å². The molecule has 30 heavy (non-hydrogen) atoms. The molecule has 0 aliphatic carbocycles. The highest BCUT2D eigenvalue weighted by molar-refractivity contribution is 7.89. The third kappa shape index (κ3) is 12.9. The predicted octanol–water partition coefficient (Wildman–Crippen LogP) is 5.50. The molecule has 0 fully saturated rings. The average Bonchev–Trinajstić information content (AvgIpc) is 2.69. The minimum atomic E-state index is -3.37. The third-order valence-electron chi connectivity index (χ3n) is 7.15. The number of aliphatic carboxylic acids is 1. The molecule has 0 rings (SSSR count). The Morgan fingerprint density at radius 1 is 0.800 bits per heavy atom. The first-order valence-corrected chi connectivity index (χ1v) is 13.6. The minimum absolute atomic E-state index is 0.0707. The Bertz CT molecular complexity index is 554. The molecule has 0 aliphatic rings. The van der Waals surface area contributed by atoms with Gasteiger partial charge in [0.05, 0.1) is 12.2 Å². The largest absolute Gasteiger partial charge is 0.481 e. The molecular weight excluding hydrogens is 402 g/mol. The van der Waals surface area contributed by atoms with E-state index in [1.807, 2.05) is 0 Å². The molecule has 0 atom stereocenters. The molecule has 7 heteroatoms. The van der Waals surface area contributed by atoms with Crippen molar-refractivity contribution in [3.63, 3.8) is 0 Å². The summed E-state index contributed by atoms with van der Waals surface area (Å²) in [5.74, 6) is -0.628. The van der Waals surface area contributed by atoms with Crippen molar-refractivity contribution < 1.29 is 23.1 Å². The third-order valence-corrected chi connectivity index (χ3v) is 8.01. The summed E-state index contributed by atoms with van der Waals surface area (Å²) in [6.45, 7) is 10.0. The summed E-state index contributed by atoms with van der Waals surface area (Å²) in [6.07, 6.45) is 11.9. The summed E-state index contributed by atoms with van der Waals surface area (Å²) >= 11 is 0. The molecule has 180 valence electrons. The maximum atomic E-state index is 11.2. The zero-order chi connectivity index (χ0) is 23.1. The Hall–Kier alpha value is -0.660. The molecule has 0 heterocycles. The van der Waals surface area contributed by atoms with Crippen LogP contribution < -0.4 is 5.14 Å². The summed E-state index contributed by atoms with van der Waals surface area (Å²) in [6, 6.07) is 0. The van der Waals surface area contributed by atoms with E-state index in [0.29, 0.717) is 6.42 Å². The van der Waals surface area contributed by atoms with E-state index < -0.39 is 16.0 Å². The maximum absolute atomic E-state index is 11.2. The first-order chi connectivity index (χ1) is 14.1. The molecule has 6 nitrogen and oxygen atoms in total. The number of sulfonamides is 1. The van der Waals surface area contributed by atoms with Gasteiger partial charge in [-0.15, -0.1) is 0 Å². The summed E-state index contributed by atoms with van der Waals surface area (Å²) in [5, 5.41) is 14.3. The van der Waals surface area contributed by atoms with Gasteiger partial charge in [-0.3, -0.25) is 4.79 Å². The standard InChI is InChI=1S/C23H47NO5S/c1-5-22(6-2,16-13-19-30(24,27)28)14-9-11-17-29-18-12-10-15-23(7-3,8-4)20-21(25)26/h5-20H2,1-4H3,(H,25,26)(H2,24,27,28). The number of carboxylic acid groups (broad SMARTS) is 1. The lowest BCUT2D eigenvalue weighted by molar-refractivity contribution is -0.140. The van der Waals surface area contributed by atoms with E-state index in [1.54, 1.807) is 0 Å². The van der Waals surface area contributed by atoms with Crippen LogP contribution in [0.25, 0.3) is 0 Å². The van der Waals surface area contributed by atoms with E-state index in [2.05, 4.69) is 27.7 Å². The molecule has 0 spiro atoms. The quantitative estimate of drug-likeness (QED) is 0.239. The van der Waals surface area contributed by atoms with Gasteiger partial charge in [0.15, 0.2) is 0 Å². The highest BCUT2D eigenvalue weighted by Crippen LogP contribution is 2.38. The number of hydrogen-bond acceptors (Lipinski definition) is 4. The molecule has 0 amide bonds. The fourth-order valence-electron chi connectivity index (χ4n) is 4.50. The second-order valence-corrected chi connectivity index (χ2v) is 10.7. The number of rotatable bonds is 20. The lowest BCUT2D eigenvalue weighted by atomic mass is 9.74. The Morgan fingerprint density at radius 2 is 1.23 bits per heavy atom. The lowest BCUT2D eigenvalue weighted by Gasteiger charge is -2.32. The van der Waals surface area contributed by atoms with E-state index in [1.165, 1.54) is 0 Å². The summed E-state index contributed by atoms with van der Waals surface area (Å²) < 4.78 is 28.1. The molecule has 3 N–H and O–H groups in total. The van der Waals surface area contributed by atoms with Crippen LogP contribution >= 0.6 is 0 Å². The summed E-state index contributed by atoms with van der Waals surface area (Å²) in [5.41, 5.74) is 0.136. The van der Waals surface area contributed by atoms with Crippen LogP contribution in [-0.4, -0.2) is 38.5 Å². The van der Waals surface area contributed by atoms with Crippen LogP contribution in [-0.2, 0) is 19.6 Å². The van der Waals surface area contributed by atoms with Gasteiger partial charge in [0.1, 0.15) is 0 Å². The molecular formula is C23H47NO5S. The van der Waals surface area contributed by atoms with Crippen molar-refractivity contribution in [2.75, 3.05) is 19.0 Å². The van der Waals surface area contributed by atoms with Gasteiger partial charge in [-0.1, -0.05) is 53.4 Å². The Morgan fingerprint density at radius 3 is 1.63 bits per heavy atom. The van der Waals surface area contributed by atoms with Crippen molar-refractivity contribution in [1.29, 1.82) is 0 Å². The number of hydrogen-bond donors (Lipinski definition) is 2. The van der Waals surface area contributed by atoms with Crippen LogP contribution in [0.5, 0.6) is 0 Å². The van der Waals surface area contributed by atoms with E-state index in [9.17, 15) is 13.2 Å². The van der Waals surface area contributed by atoms with E-state index in [0.717, 1.165) is 83.8 Å². The zero-order valence-electron chi connectivity index (χ0n) is 19.9. The monoisotopic (exact) mass is 449 g/mol. The highest BCUT2D eigenvalue weighted by Gasteiger charge is 2.28. The number of carboxylic acids is 1. The number of ether oxygens (including phenoxy) is 1. The normalized spacial score (nSPS) is 13.0. The van der Waals surface area contributed by atoms with Crippen molar-refractivity contribution in [3.8, 4) is 0 Å². The van der Waals surface area contributed by atoms with Crippen molar-refractivity contribution >= 4 is 16.0 Å². The van der Waals surface area contributed by atoms with Gasteiger partial charge in [-0.05, 0) is 62.2 Å². The van der Waals surface area contributed by atoms with Crippen LogP contribution in [0.3, 0.4) is 0 Å². The van der Waals surface area contributed by atoms with Crippen molar-refractivity contribution in [3.05, 3.63) is 0 Å². The van der Waals surface area contributed by atoms with Gasteiger partial charge in [-0.25, -0.2) is 13.6 Å². The topological polar surface area (TPSA) is 107 Å². The van der Waals surface area contributed by atoms with E-state index >= 15 is 0 Å². The van der Waals surface area contributed by atoms with E-state index in [-0.39, 0.29) is 23.0 Å². The van der Waals surface area contributed by atoms with Gasteiger partial charge in [0.2, 0.25) is 10.0 Å². The molecule has 0 saturated heterocycles. The number of primary sulfonamides is 1. The summed E-state index contributed by atoms with van der Waals surface area (Å²) in [4.78, 5) is 11.1. The molecule has 0 saturated carbocycles.